The topological polar surface area (TPSA) is 86.3 Å². The first-order valence-corrected chi connectivity index (χ1v) is 9.20. The molecule has 1 atom stereocenters. The van der Waals surface area contributed by atoms with Gasteiger partial charge in [0.25, 0.3) is 0 Å². The summed E-state index contributed by atoms with van der Waals surface area (Å²) < 4.78 is 0. The Morgan fingerprint density at radius 1 is 1.26 bits per heavy atom. The fourth-order valence-corrected chi connectivity index (χ4v) is 3.28. The molecule has 144 valence electrons. The molecule has 1 saturated heterocycles. The van der Waals surface area contributed by atoms with Crippen LogP contribution in [0.1, 0.15) is 18.9 Å². The van der Waals surface area contributed by atoms with Crippen molar-refractivity contribution in [2.45, 2.75) is 19.9 Å². The predicted octanol–water partition coefficient (Wildman–Crippen LogP) is 1.51. The lowest BCUT2D eigenvalue weighted by molar-refractivity contribution is -0.114. The van der Waals surface area contributed by atoms with Crippen molar-refractivity contribution in [1.82, 2.24) is 20.3 Å². The Balaban J connectivity index is 1.66. The monoisotopic (exact) mass is 369 g/mol. The van der Waals surface area contributed by atoms with Gasteiger partial charge in [-0.2, -0.15) is 4.98 Å². The SMILES string of the molecule is CC(=O)Nc1cccc(CN(C)c2ncnc(N(C)CC3CCNC3)n2)c1. The molecule has 0 bridgehead atoms. The third-order valence-corrected chi connectivity index (χ3v) is 4.59. The van der Waals surface area contributed by atoms with Crippen LogP contribution in [-0.2, 0) is 11.3 Å². The van der Waals surface area contributed by atoms with Crippen LogP contribution in [-0.4, -0.2) is 54.6 Å². The van der Waals surface area contributed by atoms with E-state index in [0.717, 1.165) is 30.9 Å². The summed E-state index contributed by atoms with van der Waals surface area (Å²) in [5, 5.41) is 6.19. The normalized spacial score (nSPS) is 16.2. The van der Waals surface area contributed by atoms with E-state index in [2.05, 4.69) is 30.5 Å². The zero-order chi connectivity index (χ0) is 19.2. The maximum atomic E-state index is 11.2. The molecular weight excluding hydrogens is 342 g/mol. The summed E-state index contributed by atoms with van der Waals surface area (Å²) >= 11 is 0. The fourth-order valence-electron chi connectivity index (χ4n) is 3.28. The van der Waals surface area contributed by atoms with Crippen molar-refractivity contribution >= 4 is 23.5 Å². The molecule has 1 amide bonds. The number of hydrogen-bond donors (Lipinski definition) is 2. The molecule has 2 heterocycles. The molecule has 0 radical (unpaired) electrons. The molecule has 8 heteroatoms. The Labute approximate surface area is 160 Å². The van der Waals surface area contributed by atoms with Gasteiger partial charge in [0.15, 0.2) is 0 Å². The van der Waals surface area contributed by atoms with Crippen LogP contribution < -0.4 is 20.4 Å². The number of carbonyl (C=O) groups excluding carboxylic acids is 1. The summed E-state index contributed by atoms with van der Waals surface area (Å²) in [5.74, 6) is 1.86. The number of nitrogens with one attached hydrogen (secondary N) is 2. The van der Waals surface area contributed by atoms with Gasteiger partial charge in [-0.05, 0) is 43.1 Å². The number of rotatable bonds is 7. The van der Waals surface area contributed by atoms with E-state index in [4.69, 9.17) is 0 Å². The lowest BCUT2D eigenvalue weighted by Crippen LogP contribution is -2.29. The van der Waals surface area contributed by atoms with Crippen LogP contribution in [0.4, 0.5) is 17.6 Å². The number of amides is 1. The average molecular weight is 369 g/mol. The third kappa shape index (κ3) is 5.37. The molecule has 1 aliphatic heterocycles. The summed E-state index contributed by atoms with van der Waals surface area (Å²) in [6, 6.07) is 7.78. The first-order chi connectivity index (χ1) is 13.0. The van der Waals surface area contributed by atoms with E-state index < -0.39 is 0 Å². The van der Waals surface area contributed by atoms with Crippen molar-refractivity contribution in [3.63, 3.8) is 0 Å². The molecule has 27 heavy (non-hydrogen) atoms. The summed E-state index contributed by atoms with van der Waals surface area (Å²) in [4.78, 5) is 28.6. The number of aromatic nitrogens is 3. The van der Waals surface area contributed by atoms with Gasteiger partial charge in [0, 0.05) is 39.8 Å². The molecule has 2 aromatic rings. The minimum absolute atomic E-state index is 0.0805. The van der Waals surface area contributed by atoms with Crippen molar-refractivity contribution < 1.29 is 4.79 Å². The maximum Gasteiger partial charge on any atom is 0.230 e. The van der Waals surface area contributed by atoms with E-state index in [1.54, 1.807) is 6.33 Å². The van der Waals surface area contributed by atoms with Crippen LogP contribution in [0, 0.1) is 5.92 Å². The Bertz CT molecular complexity index is 776. The molecular formula is C19H27N7O. The molecule has 2 N–H and O–H groups in total. The first-order valence-electron chi connectivity index (χ1n) is 9.20. The molecule has 3 rings (SSSR count). The van der Waals surface area contributed by atoms with Crippen LogP contribution in [0.3, 0.4) is 0 Å². The zero-order valence-electron chi connectivity index (χ0n) is 16.1. The van der Waals surface area contributed by atoms with Gasteiger partial charge in [0.1, 0.15) is 6.33 Å². The van der Waals surface area contributed by atoms with Crippen LogP contribution in [0.15, 0.2) is 30.6 Å². The lowest BCUT2D eigenvalue weighted by atomic mass is 10.1. The van der Waals surface area contributed by atoms with Gasteiger partial charge in [-0.3, -0.25) is 4.79 Å². The molecule has 1 aromatic carbocycles. The van der Waals surface area contributed by atoms with Crippen molar-refractivity contribution in [1.29, 1.82) is 0 Å². The highest BCUT2D eigenvalue weighted by atomic mass is 16.1. The average Bonchev–Trinajstić information content (AvgIpc) is 3.14. The second-order valence-corrected chi connectivity index (χ2v) is 7.06. The van der Waals surface area contributed by atoms with E-state index in [1.807, 2.05) is 43.3 Å². The van der Waals surface area contributed by atoms with Gasteiger partial charge >= 0.3 is 0 Å². The van der Waals surface area contributed by atoms with Crippen molar-refractivity contribution in [2.24, 2.45) is 5.92 Å². The minimum Gasteiger partial charge on any atom is -0.343 e. The zero-order valence-corrected chi connectivity index (χ0v) is 16.1. The molecule has 1 aliphatic rings. The largest absolute Gasteiger partial charge is 0.343 e. The highest BCUT2D eigenvalue weighted by molar-refractivity contribution is 5.88. The molecule has 1 fully saturated rings. The number of benzene rings is 1. The number of carbonyl (C=O) groups is 1. The van der Waals surface area contributed by atoms with Crippen molar-refractivity contribution in [2.75, 3.05) is 48.8 Å². The highest BCUT2D eigenvalue weighted by Gasteiger charge is 2.18. The Hall–Kier alpha value is -2.74. The minimum atomic E-state index is -0.0805. The van der Waals surface area contributed by atoms with Gasteiger partial charge in [-0.15, -0.1) is 0 Å². The summed E-state index contributed by atoms with van der Waals surface area (Å²) in [6.07, 6.45) is 2.75. The van der Waals surface area contributed by atoms with Crippen LogP contribution >= 0.6 is 0 Å². The van der Waals surface area contributed by atoms with E-state index >= 15 is 0 Å². The Morgan fingerprint density at radius 3 is 2.74 bits per heavy atom. The van der Waals surface area contributed by atoms with Gasteiger partial charge < -0.3 is 20.4 Å². The number of anilines is 3. The second kappa shape index (κ2) is 8.77. The molecule has 8 nitrogen and oxygen atoms in total. The molecule has 0 saturated carbocycles. The fraction of sp³-hybridized carbons (Fsp3) is 0.474. The highest BCUT2D eigenvalue weighted by Crippen LogP contribution is 2.17. The second-order valence-electron chi connectivity index (χ2n) is 7.06. The lowest BCUT2D eigenvalue weighted by Gasteiger charge is -2.22. The van der Waals surface area contributed by atoms with Gasteiger partial charge in [-0.1, -0.05) is 12.1 Å². The van der Waals surface area contributed by atoms with E-state index in [-0.39, 0.29) is 5.91 Å². The van der Waals surface area contributed by atoms with Gasteiger partial charge in [0.2, 0.25) is 17.8 Å². The van der Waals surface area contributed by atoms with Crippen LogP contribution in [0.25, 0.3) is 0 Å². The van der Waals surface area contributed by atoms with Gasteiger partial charge in [0.05, 0.1) is 0 Å². The number of hydrogen-bond acceptors (Lipinski definition) is 7. The van der Waals surface area contributed by atoms with Crippen LogP contribution in [0.2, 0.25) is 0 Å². The molecule has 0 aliphatic carbocycles. The molecule has 0 spiro atoms. The number of nitrogens with zero attached hydrogens (tertiary/aromatic N) is 5. The summed E-state index contributed by atoms with van der Waals surface area (Å²) in [7, 11) is 3.97. The predicted molar refractivity (Wildman–Crippen MR) is 107 cm³/mol. The Morgan fingerprint density at radius 2 is 2.04 bits per heavy atom. The smallest absolute Gasteiger partial charge is 0.230 e. The first kappa shape index (κ1) is 19.0. The van der Waals surface area contributed by atoms with Crippen molar-refractivity contribution in [3.8, 4) is 0 Å². The quantitative estimate of drug-likeness (QED) is 0.765. The van der Waals surface area contributed by atoms with Crippen LogP contribution in [0.5, 0.6) is 0 Å². The maximum absolute atomic E-state index is 11.2. The molecule has 1 aromatic heterocycles. The molecule has 1 unspecified atom stereocenters. The Kier molecular flexibility index (Phi) is 6.18. The standard InChI is InChI=1S/C19H27N7O/c1-14(27)23-17-6-4-5-15(9-17)11-25(2)18-21-13-22-19(24-18)26(3)12-16-7-8-20-10-16/h4-6,9,13,16,20H,7-8,10-12H2,1-3H3,(H,23,27). The van der Waals surface area contributed by atoms with E-state index in [1.165, 1.54) is 13.3 Å². The van der Waals surface area contributed by atoms with E-state index in [9.17, 15) is 4.79 Å². The van der Waals surface area contributed by atoms with Crippen molar-refractivity contribution in [3.05, 3.63) is 36.2 Å². The van der Waals surface area contributed by atoms with E-state index in [0.29, 0.717) is 24.4 Å². The van der Waals surface area contributed by atoms with Gasteiger partial charge in [-0.25, -0.2) is 9.97 Å². The summed E-state index contributed by atoms with van der Waals surface area (Å²) in [5.41, 5.74) is 1.85. The summed E-state index contributed by atoms with van der Waals surface area (Å²) in [6.45, 7) is 5.20. The third-order valence-electron chi connectivity index (χ3n) is 4.59.